The molecule has 0 spiro atoms. The van der Waals surface area contributed by atoms with Crippen LogP contribution in [0.1, 0.15) is 27.0 Å². The largest absolute Gasteiger partial charge is 0.288 e. The van der Waals surface area contributed by atoms with E-state index in [-0.39, 0.29) is 5.91 Å². The number of hydrazone groups is 1. The predicted molar refractivity (Wildman–Crippen MR) is 91.6 cm³/mol. The van der Waals surface area contributed by atoms with Crippen LogP contribution >= 0.6 is 0 Å². The number of nitriles is 1. The Morgan fingerprint density at radius 1 is 1.04 bits per heavy atom. The molecule has 0 aliphatic carbocycles. The normalized spacial score (nSPS) is 10.6. The second-order valence-electron chi connectivity index (χ2n) is 4.86. The van der Waals surface area contributed by atoms with Gasteiger partial charge in [0.15, 0.2) is 0 Å². The molecule has 0 heterocycles. The number of hydrogen-bond acceptors (Lipinski definition) is 5. The number of benzene rings is 2. The van der Waals surface area contributed by atoms with Crippen LogP contribution in [-0.4, -0.2) is 23.2 Å². The number of carbonyl (C=O) groups excluding carboxylic acids is 2. The lowest BCUT2D eigenvalue weighted by Gasteiger charge is -2.01. The molecule has 0 saturated heterocycles. The summed E-state index contributed by atoms with van der Waals surface area (Å²) in [4.78, 5) is 22.9. The maximum absolute atomic E-state index is 12.0. The lowest BCUT2D eigenvalue weighted by molar-refractivity contribution is -0.124. The van der Waals surface area contributed by atoms with Crippen molar-refractivity contribution in [2.75, 3.05) is 0 Å². The van der Waals surface area contributed by atoms with Crippen LogP contribution < -0.4 is 10.9 Å². The first-order chi connectivity index (χ1) is 12.1. The summed E-state index contributed by atoms with van der Waals surface area (Å²) in [5.74, 6) is -1.02. The van der Waals surface area contributed by atoms with Crippen LogP contribution in [0.25, 0.3) is 6.08 Å². The standard InChI is InChI=1S/C18H14N4O3/c19-11-14-1-3-15(4-2-14)12-20-21-18(24)16-8-5-13(6-9-16)7-10-17(23)22-25/h1-10,12,25H,(H,21,24)(H,22,23)/b10-7+,20-12+. The Bertz CT molecular complexity index is 847. The van der Waals surface area contributed by atoms with Gasteiger partial charge in [-0.15, -0.1) is 0 Å². The second kappa shape index (κ2) is 8.76. The molecule has 0 saturated carbocycles. The van der Waals surface area contributed by atoms with E-state index in [4.69, 9.17) is 10.5 Å². The van der Waals surface area contributed by atoms with Gasteiger partial charge in [0.25, 0.3) is 11.8 Å². The Labute approximate surface area is 143 Å². The van der Waals surface area contributed by atoms with Crippen molar-refractivity contribution < 1.29 is 14.8 Å². The van der Waals surface area contributed by atoms with Gasteiger partial charge in [-0.05, 0) is 41.5 Å². The van der Waals surface area contributed by atoms with Gasteiger partial charge in [0.05, 0.1) is 17.8 Å². The minimum atomic E-state index is -0.640. The molecule has 0 unspecified atom stereocenters. The van der Waals surface area contributed by atoms with E-state index in [1.54, 1.807) is 48.5 Å². The second-order valence-corrected chi connectivity index (χ2v) is 4.86. The lowest BCUT2D eigenvalue weighted by atomic mass is 10.1. The van der Waals surface area contributed by atoms with E-state index in [1.807, 2.05) is 6.07 Å². The summed E-state index contributed by atoms with van der Waals surface area (Å²) in [6.07, 6.45) is 4.14. The molecule has 0 aliphatic rings. The third-order valence-corrected chi connectivity index (χ3v) is 3.13. The summed E-state index contributed by atoms with van der Waals surface area (Å²) < 4.78 is 0. The topological polar surface area (TPSA) is 115 Å². The minimum Gasteiger partial charge on any atom is -0.288 e. The molecule has 0 radical (unpaired) electrons. The number of rotatable bonds is 5. The first-order valence-electron chi connectivity index (χ1n) is 7.18. The van der Waals surface area contributed by atoms with E-state index >= 15 is 0 Å². The van der Waals surface area contributed by atoms with Crippen molar-refractivity contribution in [3.63, 3.8) is 0 Å². The van der Waals surface area contributed by atoms with E-state index in [0.29, 0.717) is 16.7 Å². The van der Waals surface area contributed by atoms with Crippen LogP contribution in [-0.2, 0) is 4.79 Å². The van der Waals surface area contributed by atoms with Gasteiger partial charge in [0, 0.05) is 11.6 Å². The number of hydrogen-bond donors (Lipinski definition) is 3. The highest BCUT2D eigenvalue weighted by atomic mass is 16.5. The Balaban J connectivity index is 1.94. The van der Waals surface area contributed by atoms with E-state index in [0.717, 1.165) is 11.6 Å². The maximum atomic E-state index is 12.0. The number of nitrogens with one attached hydrogen (secondary N) is 2. The summed E-state index contributed by atoms with van der Waals surface area (Å²) in [5, 5.41) is 21.0. The van der Waals surface area contributed by atoms with Crippen LogP contribution in [0.4, 0.5) is 0 Å². The van der Waals surface area contributed by atoms with Crippen molar-refractivity contribution in [1.82, 2.24) is 10.9 Å². The smallest absolute Gasteiger partial charge is 0.271 e. The SMILES string of the molecule is N#Cc1ccc(/C=N/NC(=O)c2ccc(/C=C/C(=O)NO)cc2)cc1. The third kappa shape index (κ3) is 5.42. The molecule has 0 aromatic heterocycles. The fraction of sp³-hybridized carbons (Fsp3) is 0. The zero-order valence-corrected chi connectivity index (χ0v) is 13.0. The van der Waals surface area contributed by atoms with Gasteiger partial charge < -0.3 is 0 Å². The Kier molecular flexibility index (Phi) is 6.17. The van der Waals surface area contributed by atoms with E-state index in [1.165, 1.54) is 17.8 Å². The molecule has 0 atom stereocenters. The molecule has 2 rings (SSSR count). The molecule has 0 aliphatic heterocycles. The summed E-state index contributed by atoms with van der Waals surface area (Å²) in [6, 6.07) is 15.3. The molecular weight excluding hydrogens is 320 g/mol. The van der Waals surface area contributed by atoms with Gasteiger partial charge in [-0.2, -0.15) is 10.4 Å². The average Bonchev–Trinajstić information content (AvgIpc) is 2.66. The van der Waals surface area contributed by atoms with Gasteiger partial charge in [0.1, 0.15) is 0 Å². The predicted octanol–water partition coefficient (Wildman–Crippen LogP) is 1.84. The van der Waals surface area contributed by atoms with Gasteiger partial charge in [-0.3, -0.25) is 14.8 Å². The first-order valence-corrected chi connectivity index (χ1v) is 7.18. The van der Waals surface area contributed by atoms with Gasteiger partial charge in [-0.1, -0.05) is 24.3 Å². The van der Waals surface area contributed by atoms with Crippen molar-refractivity contribution >= 4 is 24.1 Å². The van der Waals surface area contributed by atoms with Crippen LogP contribution in [0.15, 0.2) is 59.7 Å². The molecule has 0 bridgehead atoms. The van der Waals surface area contributed by atoms with E-state index in [9.17, 15) is 9.59 Å². The Morgan fingerprint density at radius 3 is 2.28 bits per heavy atom. The van der Waals surface area contributed by atoms with Crippen molar-refractivity contribution in [3.8, 4) is 6.07 Å². The van der Waals surface area contributed by atoms with Gasteiger partial charge in [0.2, 0.25) is 0 Å². The fourth-order valence-corrected chi connectivity index (χ4v) is 1.83. The van der Waals surface area contributed by atoms with Crippen LogP contribution in [0, 0.1) is 11.3 Å². The lowest BCUT2D eigenvalue weighted by Crippen LogP contribution is -2.17. The van der Waals surface area contributed by atoms with Gasteiger partial charge in [-0.25, -0.2) is 10.9 Å². The molecule has 2 aromatic carbocycles. The summed E-state index contributed by atoms with van der Waals surface area (Å²) in [7, 11) is 0. The molecule has 2 aromatic rings. The first kappa shape index (κ1) is 17.6. The highest BCUT2D eigenvalue weighted by molar-refractivity contribution is 5.95. The molecular formula is C18H14N4O3. The zero-order valence-electron chi connectivity index (χ0n) is 13.0. The monoisotopic (exact) mass is 334 g/mol. The van der Waals surface area contributed by atoms with Crippen molar-refractivity contribution in [2.45, 2.75) is 0 Å². The fourth-order valence-electron chi connectivity index (χ4n) is 1.83. The Hall–Kier alpha value is -3.76. The molecule has 124 valence electrons. The molecule has 7 heteroatoms. The molecule has 2 amide bonds. The third-order valence-electron chi connectivity index (χ3n) is 3.13. The van der Waals surface area contributed by atoms with Crippen LogP contribution in [0.3, 0.4) is 0 Å². The Morgan fingerprint density at radius 2 is 1.68 bits per heavy atom. The highest BCUT2D eigenvalue weighted by Crippen LogP contribution is 2.06. The zero-order chi connectivity index (χ0) is 18.1. The van der Waals surface area contributed by atoms with E-state index < -0.39 is 5.91 Å². The minimum absolute atomic E-state index is 0.381. The number of amides is 2. The van der Waals surface area contributed by atoms with Gasteiger partial charge >= 0.3 is 0 Å². The van der Waals surface area contributed by atoms with Crippen LogP contribution in [0.5, 0.6) is 0 Å². The molecule has 3 N–H and O–H groups in total. The van der Waals surface area contributed by atoms with Crippen molar-refractivity contribution in [3.05, 3.63) is 76.9 Å². The number of nitrogens with zero attached hydrogens (tertiary/aromatic N) is 2. The molecule has 0 fully saturated rings. The van der Waals surface area contributed by atoms with E-state index in [2.05, 4.69) is 10.5 Å². The van der Waals surface area contributed by atoms with Crippen molar-refractivity contribution in [2.24, 2.45) is 5.10 Å². The highest BCUT2D eigenvalue weighted by Gasteiger charge is 2.03. The summed E-state index contributed by atoms with van der Waals surface area (Å²) >= 11 is 0. The molecule has 25 heavy (non-hydrogen) atoms. The van der Waals surface area contributed by atoms with Crippen molar-refractivity contribution in [1.29, 1.82) is 5.26 Å². The van der Waals surface area contributed by atoms with Crippen LogP contribution in [0.2, 0.25) is 0 Å². The quantitative estimate of drug-likeness (QED) is 0.335. The summed E-state index contributed by atoms with van der Waals surface area (Å²) in [5.41, 5.74) is 6.29. The average molecular weight is 334 g/mol. The number of hydroxylamine groups is 1. The number of carbonyl (C=O) groups is 2. The summed E-state index contributed by atoms with van der Waals surface area (Å²) in [6.45, 7) is 0. The maximum Gasteiger partial charge on any atom is 0.271 e. The molecule has 7 nitrogen and oxygen atoms in total.